The smallest absolute Gasteiger partial charge is 0.462 e. The molecule has 0 radical (unpaired) electrons. The lowest BCUT2D eigenvalue weighted by Crippen LogP contribution is -2.37. The number of allylic oxidation sites excluding steroid dienone is 9. The molecule has 1 fully saturated rings. The number of esters is 2. The normalized spacial score (nSPS) is 17.5. The highest BCUT2D eigenvalue weighted by Gasteiger charge is 2.36. The van der Waals surface area contributed by atoms with Gasteiger partial charge in [0.1, 0.15) is 19.8 Å². The van der Waals surface area contributed by atoms with E-state index in [1.54, 1.807) is 0 Å². The van der Waals surface area contributed by atoms with Gasteiger partial charge in [-0.2, -0.15) is 0 Å². The predicted molar refractivity (Wildman–Crippen MR) is 242 cm³/mol. The van der Waals surface area contributed by atoms with E-state index in [9.17, 15) is 19.0 Å². The molecule has 0 aromatic heterocycles. The minimum Gasteiger partial charge on any atom is -0.462 e. The number of rotatable bonds is 40. The van der Waals surface area contributed by atoms with Gasteiger partial charge in [0.05, 0.1) is 40.0 Å². The standard InChI is InChI=1S/C48H84NO9P/c1-6-8-10-11-12-13-14-15-16-17-18-19-20-21-22-23-28-31-35-39-48(51)57-44(43-56-59(52,53)55-41-40-49(3,4)5)42-54-47(50)38-34-30-27-25-24-26-29-33-37-46-45(58-46)36-32-9-7-2/h12-13,15-16,18-19,21-22,29,33,44-46H,6-11,14,17,20,23-28,30-32,34-43H2,1-5H3/p+1/b13-12-,16-15-,19-18-,22-21-,33-29-/t44-,45?,46?/m1/s1. The van der Waals surface area contributed by atoms with Crippen molar-refractivity contribution in [2.45, 2.75) is 186 Å². The minimum absolute atomic E-state index is 0.0178. The van der Waals surface area contributed by atoms with Gasteiger partial charge >= 0.3 is 19.8 Å². The van der Waals surface area contributed by atoms with Crippen LogP contribution in [0.25, 0.3) is 0 Å². The van der Waals surface area contributed by atoms with E-state index < -0.39 is 32.5 Å². The zero-order chi connectivity index (χ0) is 43.3. The van der Waals surface area contributed by atoms with Crippen LogP contribution in [0.1, 0.15) is 168 Å². The first-order valence-electron chi connectivity index (χ1n) is 23.1. The molecule has 0 spiro atoms. The number of likely N-dealkylation sites (N-methyl/N-ethyl adjacent to an activating group) is 1. The molecule has 340 valence electrons. The molecule has 10 nitrogen and oxygen atoms in total. The fourth-order valence-electron chi connectivity index (χ4n) is 6.18. The molecule has 1 N–H and O–H groups in total. The summed E-state index contributed by atoms with van der Waals surface area (Å²) in [6.07, 6.45) is 45.8. The fraction of sp³-hybridized carbons (Fsp3) is 0.750. The van der Waals surface area contributed by atoms with Crippen molar-refractivity contribution in [3.63, 3.8) is 0 Å². The number of hydrogen-bond acceptors (Lipinski definition) is 8. The topological polar surface area (TPSA) is 121 Å². The van der Waals surface area contributed by atoms with Crippen LogP contribution in [-0.4, -0.2) is 87.1 Å². The molecule has 1 saturated heterocycles. The van der Waals surface area contributed by atoms with Gasteiger partial charge in [-0.25, -0.2) is 4.57 Å². The summed E-state index contributed by atoms with van der Waals surface area (Å²) in [5.41, 5.74) is 0. The Kier molecular flexibility index (Phi) is 33.7. The van der Waals surface area contributed by atoms with Crippen LogP contribution in [-0.2, 0) is 37.4 Å². The van der Waals surface area contributed by atoms with E-state index in [-0.39, 0.29) is 26.1 Å². The van der Waals surface area contributed by atoms with Crippen LogP contribution in [0.15, 0.2) is 60.8 Å². The molecule has 0 aliphatic carbocycles. The number of quaternary nitrogens is 1. The van der Waals surface area contributed by atoms with Crippen LogP contribution in [0, 0.1) is 0 Å². The Labute approximate surface area is 360 Å². The van der Waals surface area contributed by atoms with E-state index in [1.165, 1.54) is 51.4 Å². The van der Waals surface area contributed by atoms with Crippen molar-refractivity contribution in [3.05, 3.63) is 60.8 Å². The highest BCUT2D eigenvalue weighted by molar-refractivity contribution is 7.47. The van der Waals surface area contributed by atoms with Crippen molar-refractivity contribution in [1.29, 1.82) is 0 Å². The van der Waals surface area contributed by atoms with Crippen LogP contribution >= 0.6 is 7.82 Å². The molecule has 1 aliphatic rings. The summed E-state index contributed by atoms with van der Waals surface area (Å²) in [5.74, 6) is -0.860. The number of carbonyl (C=O) groups is 2. The number of carbonyl (C=O) groups excluding carboxylic acids is 2. The number of unbranched alkanes of at least 4 members (excludes halogenated alkanes) is 13. The van der Waals surface area contributed by atoms with Gasteiger partial charge in [-0.3, -0.25) is 18.6 Å². The Bertz CT molecular complexity index is 1260. The zero-order valence-corrected chi connectivity index (χ0v) is 38.8. The van der Waals surface area contributed by atoms with Crippen LogP contribution in [0.5, 0.6) is 0 Å². The van der Waals surface area contributed by atoms with Crippen molar-refractivity contribution >= 4 is 19.8 Å². The lowest BCUT2D eigenvalue weighted by atomic mass is 10.1. The van der Waals surface area contributed by atoms with Crippen molar-refractivity contribution in [3.8, 4) is 0 Å². The first-order valence-corrected chi connectivity index (χ1v) is 24.6. The molecular formula is C48H85NO9P+. The molecule has 0 aromatic rings. The van der Waals surface area contributed by atoms with Gasteiger partial charge in [0.15, 0.2) is 6.10 Å². The van der Waals surface area contributed by atoms with Gasteiger partial charge in [-0.15, -0.1) is 0 Å². The van der Waals surface area contributed by atoms with Gasteiger partial charge in [-0.05, 0) is 83.5 Å². The van der Waals surface area contributed by atoms with Crippen LogP contribution in [0.3, 0.4) is 0 Å². The molecule has 1 heterocycles. The van der Waals surface area contributed by atoms with Crippen molar-refractivity contribution in [2.24, 2.45) is 0 Å². The predicted octanol–water partition coefficient (Wildman–Crippen LogP) is 12.2. The summed E-state index contributed by atoms with van der Waals surface area (Å²) in [4.78, 5) is 35.4. The monoisotopic (exact) mass is 851 g/mol. The average Bonchev–Trinajstić information content (AvgIpc) is 3.94. The highest BCUT2D eigenvalue weighted by Crippen LogP contribution is 2.43. The van der Waals surface area contributed by atoms with Gasteiger partial charge in [-0.1, -0.05) is 132 Å². The third kappa shape index (κ3) is 37.2. The summed E-state index contributed by atoms with van der Waals surface area (Å²) in [6, 6.07) is 0. The van der Waals surface area contributed by atoms with E-state index in [4.69, 9.17) is 23.3 Å². The Morgan fingerprint density at radius 2 is 1.14 bits per heavy atom. The summed E-state index contributed by atoms with van der Waals surface area (Å²) in [6.45, 7) is 4.29. The van der Waals surface area contributed by atoms with E-state index in [1.807, 2.05) is 21.1 Å². The molecule has 11 heteroatoms. The molecule has 0 saturated carbocycles. The van der Waals surface area contributed by atoms with Gasteiger partial charge < -0.3 is 23.6 Å². The SMILES string of the molecule is CCCCC/C=C\C/C=C\C/C=C\C/C=C\CCCCCC(=O)O[C@H](COC(=O)CCCCCCC/C=C\CC1OC1CCCCC)COP(=O)(O)OCC[N+](C)(C)C. The fourth-order valence-corrected chi connectivity index (χ4v) is 6.92. The first kappa shape index (κ1) is 54.7. The second-order valence-electron chi connectivity index (χ2n) is 16.8. The van der Waals surface area contributed by atoms with Crippen LogP contribution < -0.4 is 0 Å². The van der Waals surface area contributed by atoms with Crippen molar-refractivity contribution < 1.29 is 46.8 Å². The number of nitrogens with zero attached hydrogens (tertiary/aromatic N) is 1. The summed E-state index contributed by atoms with van der Waals surface area (Å²) >= 11 is 0. The van der Waals surface area contributed by atoms with Crippen molar-refractivity contribution in [1.82, 2.24) is 0 Å². The molecular weight excluding hydrogens is 766 g/mol. The average molecular weight is 851 g/mol. The number of phosphoric acid groups is 1. The minimum atomic E-state index is -4.40. The van der Waals surface area contributed by atoms with E-state index in [2.05, 4.69) is 74.6 Å². The van der Waals surface area contributed by atoms with Crippen LogP contribution in [0.4, 0.5) is 0 Å². The molecule has 0 amide bonds. The van der Waals surface area contributed by atoms with Gasteiger partial charge in [0, 0.05) is 12.8 Å². The molecule has 59 heavy (non-hydrogen) atoms. The van der Waals surface area contributed by atoms with Gasteiger partial charge in [0.25, 0.3) is 0 Å². The quantitative estimate of drug-likeness (QED) is 0.0160. The Morgan fingerprint density at radius 3 is 1.75 bits per heavy atom. The lowest BCUT2D eigenvalue weighted by molar-refractivity contribution is -0.870. The van der Waals surface area contributed by atoms with E-state index in [0.717, 1.165) is 77.0 Å². The molecule has 1 aliphatic heterocycles. The Hall–Kier alpha value is -2.33. The number of ether oxygens (including phenoxy) is 3. The maximum absolute atomic E-state index is 12.7. The van der Waals surface area contributed by atoms with E-state index >= 15 is 0 Å². The molecule has 0 bridgehead atoms. The Morgan fingerprint density at radius 1 is 0.627 bits per heavy atom. The maximum Gasteiger partial charge on any atom is 0.472 e. The molecule has 1 rings (SSSR count). The largest absolute Gasteiger partial charge is 0.472 e. The number of hydrogen-bond donors (Lipinski definition) is 1. The molecule has 0 aromatic carbocycles. The van der Waals surface area contributed by atoms with E-state index in [0.29, 0.717) is 36.1 Å². The Balaban J connectivity index is 2.30. The number of phosphoric ester groups is 1. The summed E-state index contributed by atoms with van der Waals surface area (Å²) in [5, 5.41) is 0. The van der Waals surface area contributed by atoms with Crippen molar-refractivity contribution in [2.75, 3.05) is 47.5 Å². The first-order chi connectivity index (χ1) is 28.5. The third-order valence-corrected chi connectivity index (χ3v) is 10.9. The zero-order valence-electron chi connectivity index (χ0n) is 37.9. The number of epoxide rings is 1. The third-order valence-electron chi connectivity index (χ3n) is 9.94. The molecule has 3 unspecified atom stereocenters. The molecule has 4 atom stereocenters. The summed E-state index contributed by atoms with van der Waals surface area (Å²) < 4.78 is 40.1. The van der Waals surface area contributed by atoms with Gasteiger partial charge in [0.2, 0.25) is 0 Å². The second kappa shape index (κ2) is 36.3. The lowest BCUT2D eigenvalue weighted by Gasteiger charge is -2.24. The second-order valence-corrected chi connectivity index (χ2v) is 18.3. The highest BCUT2D eigenvalue weighted by atomic mass is 31.2. The van der Waals surface area contributed by atoms with Crippen LogP contribution in [0.2, 0.25) is 0 Å². The maximum atomic E-state index is 12.7. The summed E-state index contributed by atoms with van der Waals surface area (Å²) in [7, 11) is 1.43.